The van der Waals surface area contributed by atoms with E-state index < -0.39 is 43.6 Å². The largest absolute Gasteiger partial charge is 0.534 e. The SMILES string of the molecule is CC(=O)Cc1c(OS(=O)(=O)C(F)(F)F)ccc2c1cc(C)n2S(=O)(=O)c1ccc(C)cc1. The molecule has 2 aromatic carbocycles. The van der Waals surface area contributed by atoms with Gasteiger partial charge >= 0.3 is 15.6 Å². The van der Waals surface area contributed by atoms with Crippen LogP contribution in [0.3, 0.4) is 0 Å². The number of ketones is 1. The lowest BCUT2D eigenvalue weighted by molar-refractivity contribution is -0.116. The zero-order chi connectivity index (χ0) is 24.1. The molecule has 0 atom stereocenters. The zero-order valence-electron chi connectivity index (χ0n) is 17.1. The molecule has 0 amide bonds. The van der Waals surface area contributed by atoms with Gasteiger partial charge in [-0.05, 0) is 51.1 Å². The molecule has 1 aromatic heterocycles. The minimum atomic E-state index is -5.99. The van der Waals surface area contributed by atoms with Gasteiger partial charge in [0.25, 0.3) is 10.0 Å². The predicted molar refractivity (Wildman–Crippen MR) is 110 cm³/mol. The standard InChI is InChI=1S/C20H18F3NO6S2/c1-12-4-6-15(7-5-12)31(26,27)24-13(2)10-16-17(11-14(3)25)19(9-8-18(16)24)30-32(28,29)20(21,22)23/h4-10H,11H2,1-3H3. The van der Waals surface area contributed by atoms with Gasteiger partial charge in [0.1, 0.15) is 11.5 Å². The Morgan fingerprint density at radius 2 is 1.59 bits per heavy atom. The van der Waals surface area contributed by atoms with E-state index >= 15 is 0 Å². The Morgan fingerprint density at radius 1 is 1.00 bits per heavy atom. The van der Waals surface area contributed by atoms with E-state index in [1.807, 2.05) is 0 Å². The minimum absolute atomic E-state index is 0.0169. The first-order valence-corrected chi connectivity index (χ1v) is 12.0. The van der Waals surface area contributed by atoms with Gasteiger partial charge < -0.3 is 4.18 Å². The number of fused-ring (bicyclic) bond motifs is 1. The molecular formula is C20H18F3NO6S2. The summed E-state index contributed by atoms with van der Waals surface area (Å²) in [6.45, 7) is 4.42. The minimum Gasteiger partial charge on any atom is -0.376 e. The van der Waals surface area contributed by atoms with Crippen LogP contribution in [0.25, 0.3) is 10.9 Å². The van der Waals surface area contributed by atoms with Crippen molar-refractivity contribution in [3.8, 4) is 5.75 Å². The average Bonchev–Trinajstić information content (AvgIpc) is 2.99. The van der Waals surface area contributed by atoms with Crippen molar-refractivity contribution in [3.63, 3.8) is 0 Å². The second-order valence-electron chi connectivity index (χ2n) is 7.21. The number of aromatic nitrogens is 1. The maximum absolute atomic E-state index is 13.2. The van der Waals surface area contributed by atoms with E-state index in [4.69, 9.17) is 0 Å². The van der Waals surface area contributed by atoms with E-state index in [1.54, 1.807) is 19.1 Å². The van der Waals surface area contributed by atoms with Gasteiger partial charge in [0.05, 0.1) is 10.4 Å². The van der Waals surface area contributed by atoms with E-state index in [9.17, 15) is 34.8 Å². The molecule has 0 N–H and O–H groups in total. The Kier molecular flexibility index (Phi) is 5.89. The van der Waals surface area contributed by atoms with Crippen LogP contribution >= 0.6 is 0 Å². The fourth-order valence-corrected chi connectivity index (χ4v) is 5.27. The van der Waals surface area contributed by atoms with Crippen LogP contribution in [0.5, 0.6) is 5.75 Å². The summed E-state index contributed by atoms with van der Waals surface area (Å²) in [5.74, 6) is -1.19. The van der Waals surface area contributed by atoms with Gasteiger partial charge in [-0.15, -0.1) is 0 Å². The van der Waals surface area contributed by atoms with E-state index in [0.717, 1.165) is 28.6 Å². The first-order chi connectivity index (χ1) is 14.6. The van der Waals surface area contributed by atoms with Crippen LogP contribution < -0.4 is 4.18 Å². The van der Waals surface area contributed by atoms with E-state index in [1.165, 1.54) is 25.1 Å². The average molecular weight is 489 g/mol. The van der Waals surface area contributed by atoms with Gasteiger partial charge in [0.15, 0.2) is 0 Å². The number of halogens is 3. The van der Waals surface area contributed by atoms with Crippen molar-refractivity contribution in [1.82, 2.24) is 3.97 Å². The number of rotatable bonds is 6. The van der Waals surface area contributed by atoms with Gasteiger partial charge in [-0.25, -0.2) is 12.4 Å². The number of Topliss-reactive ketones (excluding diaryl/α,β-unsaturated/α-hetero) is 1. The lowest BCUT2D eigenvalue weighted by atomic mass is 10.0. The van der Waals surface area contributed by atoms with Crippen molar-refractivity contribution in [2.45, 2.75) is 37.6 Å². The van der Waals surface area contributed by atoms with E-state index in [-0.39, 0.29) is 27.1 Å². The Bertz CT molecular complexity index is 1420. The summed E-state index contributed by atoms with van der Waals surface area (Å²) >= 11 is 0. The van der Waals surface area contributed by atoms with Crippen LogP contribution in [-0.2, 0) is 31.4 Å². The molecule has 0 saturated heterocycles. The summed E-state index contributed by atoms with van der Waals surface area (Å²) in [5.41, 5.74) is -4.72. The van der Waals surface area contributed by atoms with Crippen molar-refractivity contribution >= 4 is 36.8 Å². The number of nitrogens with zero attached hydrogens (tertiary/aromatic N) is 1. The summed E-state index contributed by atoms with van der Waals surface area (Å²) in [6, 6.07) is 9.46. The summed E-state index contributed by atoms with van der Waals surface area (Å²) in [7, 11) is -10.1. The molecular weight excluding hydrogens is 471 g/mol. The van der Waals surface area contributed by atoms with Crippen molar-refractivity contribution < 1.29 is 39.0 Å². The third kappa shape index (κ3) is 4.24. The molecule has 12 heteroatoms. The fraction of sp³-hybridized carbons (Fsp3) is 0.250. The van der Waals surface area contributed by atoms with Crippen molar-refractivity contribution in [3.05, 3.63) is 59.3 Å². The van der Waals surface area contributed by atoms with Crippen LogP contribution in [0.15, 0.2) is 47.4 Å². The van der Waals surface area contributed by atoms with E-state index in [0.29, 0.717) is 0 Å². The van der Waals surface area contributed by atoms with Gasteiger partial charge in [-0.3, -0.25) is 4.79 Å². The Morgan fingerprint density at radius 3 is 2.12 bits per heavy atom. The number of alkyl halides is 3. The molecule has 3 rings (SSSR count). The number of carbonyl (C=O) groups excluding carboxylic acids is 1. The van der Waals surface area contributed by atoms with Gasteiger partial charge in [-0.1, -0.05) is 17.7 Å². The van der Waals surface area contributed by atoms with Crippen LogP contribution in [-0.4, -0.2) is 32.1 Å². The van der Waals surface area contributed by atoms with E-state index in [2.05, 4.69) is 4.18 Å². The quantitative estimate of drug-likeness (QED) is 0.385. The maximum Gasteiger partial charge on any atom is 0.534 e. The molecule has 0 fully saturated rings. The summed E-state index contributed by atoms with van der Waals surface area (Å²) < 4.78 is 93.2. The molecule has 7 nitrogen and oxygen atoms in total. The Labute approximate surface area is 182 Å². The van der Waals surface area contributed by atoms with Crippen molar-refractivity contribution in [2.75, 3.05) is 0 Å². The summed E-state index contributed by atoms with van der Waals surface area (Å²) in [6.07, 6.45) is -0.464. The fourth-order valence-electron chi connectivity index (χ4n) is 3.24. The number of aryl methyl sites for hydroxylation is 2. The molecule has 32 heavy (non-hydrogen) atoms. The number of carbonyl (C=O) groups is 1. The highest BCUT2D eigenvalue weighted by Gasteiger charge is 2.49. The second kappa shape index (κ2) is 7.93. The normalized spacial score (nSPS) is 12.8. The molecule has 1 heterocycles. The van der Waals surface area contributed by atoms with Crippen LogP contribution in [0.1, 0.15) is 23.7 Å². The number of benzene rings is 2. The number of hydrogen-bond donors (Lipinski definition) is 0. The molecule has 0 bridgehead atoms. The lowest BCUT2D eigenvalue weighted by Crippen LogP contribution is -2.28. The molecule has 0 aliphatic heterocycles. The molecule has 172 valence electrons. The third-order valence-corrected chi connectivity index (χ3v) is 7.45. The lowest BCUT2D eigenvalue weighted by Gasteiger charge is -2.14. The van der Waals surface area contributed by atoms with Crippen LogP contribution in [0.4, 0.5) is 13.2 Å². The Hall–Kier alpha value is -2.86. The van der Waals surface area contributed by atoms with Gasteiger partial charge in [0, 0.05) is 23.1 Å². The van der Waals surface area contributed by atoms with Crippen LogP contribution in [0, 0.1) is 13.8 Å². The molecule has 0 radical (unpaired) electrons. The van der Waals surface area contributed by atoms with Gasteiger partial charge in [0.2, 0.25) is 0 Å². The second-order valence-corrected chi connectivity index (χ2v) is 10.5. The first-order valence-electron chi connectivity index (χ1n) is 9.11. The molecule has 0 unspecified atom stereocenters. The molecule has 0 aliphatic rings. The van der Waals surface area contributed by atoms with Gasteiger partial charge in [-0.2, -0.15) is 21.6 Å². The highest BCUT2D eigenvalue weighted by molar-refractivity contribution is 7.90. The highest BCUT2D eigenvalue weighted by Crippen LogP contribution is 2.36. The topological polar surface area (TPSA) is 99.5 Å². The number of hydrogen-bond acceptors (Lipinski definition) is 6. The Balaban J connectivity index is 2.27. The molecule has 0 spiro atoms. The third-order valence-electron chi connectivity index (χ3n) is 4.65. The molecule has 0 aliphatic carbocycles. The first kappa shape index (κ1) is 23.8. The summed E-state index contributed by atoms with van der Waals surface area (Å²) in [4.78, 5) is 11.7. The summed E-state index contributed by atoms with van der Waals surface area (Å²) in [5, 5.41) is 0.0864. The predicted octanol–water partition coefficient (Wildman–Crippen LogP) is 3.86. The highest BCUT2D eigenvalue weighted by atomic mass is 32.2. The monoisotopic (exact) mass is 489 g/mol. The smallest absolute Gasteiger partial charge is 0.376 e. The zero-order valence-corrected chi connectivity index (χ0v) is 18.7. The van der Waals surface area contributed by atoms with Crippen molar-refractivity contribution in [1.29, 1.82) is 0 Å². The molecule has 0 saturated carbocycles. The van der Waals surface area contributed by atoms with Crippen molar-refractivity contribution in [2.24, 2.45) is 0 Å². The van der Waals surface area contributed by atoms with Crippen LogP contribution in [0.2, 0.25) is 0 Å². The molecule has 3 aromatic rings. The maximum atomic E-state index is 13.2.